The maximum atomic E-state index is 15.1. The molecule has 2 atom stereocenters. The van der Waals surface area contributed by atoms with E-state index in [9.17, 15) is 24.0 Å². The highest BCUT2D eigenvalue weighted by atomic mass is 32.2. The van der Waals surface area contributed by atoms with Gasteiger partial charge in [-0.25, -0.2) is 14.0 Å². The molecule has 4 amide bonds. The first-order chi connectivity index (χ1) is 24.9. The molecule has 0 fully saturated rings. The number of hydrogen-bond acceptors (Lipinski definition) is 8. The first kappa shape index (κ1) is 40.9. The van der Waals surface area contributed by atoms with Gasteiger partial charge in [0.05, 0.1) is 12.7 Å². The molecule has 1 aliphatic rings. The highest BCUT2D eigenvalue weighted by molar-refractivity contribution is 8.00. The number of benzene rings is 3. The predicted molar refractivity (Wildman–Crippen MR) is 201 cm³/mol. The molecule has 1 aliphatic heterocycles. The molecule has 284 valence electrons. The highest BCUT2D eigenvalue weighted by Gasteiger charge is 2.44. The molecule has 4 rings (SSSR count). The van der Waals surface area contributed by atoms with Crippen molar-refractivity contribution in [2.45, 2.75) is 83.1 Å². The van der Waals surface area contributed by atoms with Crippen molar-refractivity contribution in [3.8, 4) is 0 Å². The Hall–Kier alpha value is -4.91. The van der Waals surface area contributed by atoms with E-state index >= 15 is 4.39 Å². The van der Waals surface area contributed by atoms with Crippen LogP contribution in [0.2, 0.25) is 0 Å². The number of carbonyl (C=O) groups excluding carboxylic acids is 5. The van der Waals surface area contributed by atoms with Crippen LogP contribution in [0.25, 0.3) is 0 Å². The van der Waals surface area contributed by atoms with Crippen LogP contribution in [-0.4, -0.2) is 93.9 Å². The van der Waals surface area contributed by atoms with Crippen LogP contribution in [0.1, 0.15) is 67.2 Å². The summed E-state index contributed by atoms with van der Waals surface area (Å²) in [6.07, 6.45) is 1.33. The summed E-state index contributed by atoms with van der Waals surface area (Å²) in [6.45, 7) is 8.54. The number of fused-ring (bicyclic) bond motifs is 1. The van der Waals surface area contributed by atoms with E-state index in [1.165, 1.54) is 41.8 Å². The molecule has 0 saturated carbocycles. The summed E-state index contributed by atoms with van der Waals surface area (Å²) < 4.78 is 24.4. The summed E-state index contributed by atoms with van der Waals surface area (Å²) >= 11 is 1.38. The number of amides is 4. The van der Waals surface area contributed by atoms with Crippen molar-refractivity contribution in [2.75, 3.05) is 27.0 Å². The molecule has 3 aromatic rings. The molecule has 3 aromatic carbocycles. The van der Waals surface area contributed by atoms with Gasteiger partial charge in [-0.1, -0.05) is 54.6 Å². The van der Waals surface area contributed by atoms with E-state index in [1.54, 1.807) is 63.2 Å². The zero-order valence-corrected chi connectivity index (χ0v) is 32.4. The van der Waals surface area contributed by atoms with Crippen LogP contribution >= 0.6 is 11.8 Å². The third kappa shape index (κ3) is 10.6. The lowest BCUT2D eigenvalue weighted by Crippen LogP contribution is -2.63. The van der Waals surface area contributed by atoms with Crippen molar-refractivity contribution in [3.05, 3.63) is 106 Å². The number of ether oxygens (including phenoxy) is 2. The van der Waals surface area contributed by atoms with Crippen LogP contribution in [-0.2, 0) is 49.9 Å². The number of carbonyl (C=O) groups is 5. The number of rotatable bonds is 12. The maximum absolute atomic E-state index is 15.1. The third-order valence-electron chi connectivity index (χ3n) is 9.06. The summed E-state index contributed by atoms with van der Waals surface area (Å²) in [7, 11) is 2.73. The van der Waals surface area contributed by atoms with Crippen LogP contribution in [0.4, 0.5) is 9.18 Å². The number of esters is 1. The van der Waals surface area contributed by atoms with Gasteiger partial charge in [0.1, 0.15) is 30.0 Å². The van der Waals surface area contributed by atoms with Crippen LogP contribution in [0.5, 0.6) is 0 Å². The Morgan fingerprint density at radius 2 is 1.55 bits per heavy atom. The Labute approximate surface area is 315 Å². The Morgan fingerprint density at radius 1 is 0.925 bits per heavy atom. The molecular weight excluding hydrogens is 700 g/mol. The average molecular weight is 749 g/mol. The van der Waals surface area contributed by atoms with E-state index in [0.717, 1.165) is 16.0 Å². The van der Waals surface area contributed by atoms with Gasteiger partial charge in [-0.15, -0.1) is 0 Å². The Kier molecular flexibility index (Phi) is 13.3. The Balaban J connectivity index is 1.70. The normalized spacial score (nSPS) is 14.7. The van der Waals surface area contributed by atoms with Gasteiger partial charge in [-0.05, 0) is 75.8 Å². The first-order valence-corrected chi connectivity index (χ1v) is 18.5. The number of nitrogens with one attached hydrogen (secondary N) is 1. The van der Waals surface area contributed by atoms with Crippen molar-refractivity contribution in [2.24, 2.45) is 0 Å². The van der Waals surface area contributed by atoms with Crippen LogP contribution in [0.15, 0.2) is 72.8 Å². The van der Waals surface area contributed by atoms with Gasteiger partial charge in [0.25, 0.3) is 0 Å². The second kappa shape index (κ2) is 17.3. The second-order valence-corrected chi connectivity index (χ2v) is 16.0. The SMILES string of the molecule is COC(=O)c1ccc(CN(Cc2ccccc2F)C(=O)[C@@H]2Cc3ccccc3CN2C(=O)C(NC(=O)CN(C)C(=O)OC(C)(C)C)C(C)(C)SC)cc1. The number of halogens is 1. The van der Waals surface area contributed by atoms with Gasteiger partial charge in [-0.2, -0.15) is 11.8 Å². The van der Waals surface area contributed by atoms with Crippen molar-refractivity contribution >= 4 is 41.5 Å². The summed E-state index contributed by atoms with van der Waals surface area (Å²) in [5, 5.41) is 2.86. The van der Waals surface area contributed by atoms with Crippen LogP contribution < -0.4 is 5.32 Å². The van der Waals surface area contributed by atoms with Gasteiger partial charge in [0.15, 0.2) is 0 Å². The predicted octanol–water partition coefficient (Wildman–Crippen LogP) is 5.59. The van der Waals surface area contributed by atoms with E-state index < -0.39 is 58.0 Å². The molecule has 1 N–H and O–H groups in total. The molecule has 0 radical (unpaired) electrons. The van der Waals surface area contributed by atoms with E-state index in [-0.39, 0.29) is 32.6 Å². The molecule has 0 aromatic heterocycles. The second-order valence-electron chi connectivity index (χ2n) is 14.6. The topological polar surface area (TPSA) is 126 Å². The molecule has 13 heteroatoms. The largest absolute Gasteiger partial charge is 0.465 e. The molecule has 0 spiro atoms. The molecule has 11 nitrogen and oxygen atoms in total. The summed E-state index contributed by atoms with van der Waals surface area (Å²) in [4.78, 5) is 71.9. The minimum absolute atomic E-state index is 0.0578. The van der Waals surface area contributed by atoms with Crippen molar-refractivity contribution in [1.82, 2.24) is 20.0 Å². The zero-order chi connectivity index (χ0) is 39.1. The lowest BCUT2D eigenvalue weighted by atomic mass is 9.91. The minimum Gasteiger partial charge on any atom is -0.465 e. The van der Waals surface area contributed by atoms with Gasteiger partial charge in [0, 0.05) is 43.4 Å². The van der Waals surface area contributed by atoms with Gasteiger partial charge < -0.3 is 29.5 Å². The number of hydrogen-bond donors (Lipinski definition) is 1. The van der Waals surface area contributed by atoms with Gasteiger partial charge in [-0.3, -0.25) is 14.4 Å². The van der Waals surface area contributed by atoms with E-state index in [4.69, 9.17) is 9.47 Å². The van der Waals surface area contributed by atoms with Crippen molar-refractivity contribution in [3.63, 3.8) is 0 Å². The fourth-order valence-corrected chi connectivity index (χ4v) is 6.35. The Morgan fingerprint density at radius 3 is 2.15 bits per heavy atom. The summed E-state index contributed by atoms with van der Waals surface area (Å²) in [5.41, 5.74) is 2.31. The fourth-order valence-electron chi connectivity index (χ4n) is 5.96. The monoisotopic (exact) mass is 748 g/mol. The zero-order valence-electron chi connectivity index (χ0n) is 31.6. The lowest BCUT2D eigenvalue weighted by Gasteiger charge is -2.43. The van der Waals surface area contributed by atoms with E-state index in [1.807, 2.05) is 44.4 Å². The molecule has 0 aliphatic carbocycles. The number of methoxy groups -OCH3 is 1. The molecule has 1 unspecified atom stereocenters. The first-order valence-electron chi connectivity index (χ1n) is 17.3. The van der Waals surface area contributed by atoms with Crippen LogP contribution in [0, 0.1) is 5.82 Å². The number of nitrogens with zero attached hydrogens (tertiary/aromatic N) is 3. The molecule has 1 heterocycles. The number of thioether (sulfide) groups is 1. The smallest absolute Gasteiger partial charge is 0.410 e. The average Bonchev–Trinajstić information content (AvgIpc) is 3.12. The van der Waals surface area contributed by atoms with Gasteiger partial charge >= 0.3 is 12.1 Å². The minimum atomic E-state index is -1.09. The van der Waals surface area contributed by atoms with Crippen molar-refractivity contribution in [1.29, 1.82) is 0 Å². The van der Waals surface area contributed by atoms with Crippen molar-refractivity contribution < 1.29 is 37.8 Å². The third-order valence-corrected chi connectivity index (χ3v) is 10.3. The van der Waals surface area contributed by atoms with E-state index in [0.29, 0.717) is 16.7 Å². The quantitative estimate of drug-likeness (QED) is 0.238. The number of likely N-dealkylation sites (N-methyl/N-ethyl adjacent to an activating group) is 1. The molecule has 0 bridgehead atoms. The molecule has 53 heavy (non-hydrogen) atoms. The highest BCUT2D eigenvalue weighted by Crippen LogP contribution is 2.32. The van der Waals surface area contributed by atoms with E-state index in [2.05, 4.69) is 5.32 Å². The maximum Gasteiger partial charge on any atom is 0.410 e. The molecule has 0 saturated heterocycles. The summed E-state index contributed by atoms with van der Waals surface area (Å²) in [5.74, 6) is -2.44. The lowest BCUT2D eigenvalue weighted by molar-refractivity contribution is -0.150. The summed E-state index contributed by atoms with van der Waals surface area (Å²) in [6, 6.07) is 18.3. The van der Waals surface area contributed by atoms with Crippen LogP contribution in [0.3, 0.4) is 0 Å². The fraction of sp³-hybridized carbons (Fsp3) is 0.425. The molecular formula is C40H49FN4O7S. The standard InChI is InChI=1S/C40H49FN4O7S/c1-39(2,3)52-38(50)43(6)25-33(46)42-34(40(4,5)53-8)36(48)45-24-29-14-10-9-13-28(29)21-32(45)35(47)44(23-30-15-11-12-16-31(30)41)22-26-17-19-27(20-18-26)37(49)51-7/h9-20,32,34H,21-25H2,1-8H3,(H,42,46)/t32-,34?/m0/s1. The Bertz CT molecular complexity index is 1810. The van der Waals surface area contributed by atoms with Gasteiger partial charge in [0.2, 0.25) is 17.7 Å².